The Morgan fingerprint density at radius 1 is 1.00 bits per heavy atom. The molecule has 0 aliphatic carbocycles. The summed E-state index contributed by atoms with van der Waals surface area (Å²) in [5.74, 6) is -0.556. The summed E-state index contributed by atoms with van der Waals surface area (Å²) in [6.07, 6.45) is 0.754. The van der Waals surface area contributed by atoms with Crippen molar-refractivity contribution in [2.45, 2.75) is 23.0 Å². The van der Waals surface area contributed by atoms with Crippen LogP contribution in [0.25, 0.3) is 0 Å². The second-order valence-corrected chi connectivity index (χ2v) is 9.14. The zero-order valence-electron chi connectivity index (χ0n) is 13.4. The van der Waals surface area contributed by atoms with E-state index in [1.165, 1.54) is 12.1 Å². The molecular weight excluding hydrogens is 409 g/mol. The normalized spacial score (nSPS) is 16.0. The molecule has 1 fully saturated rings. The highest BCUT2D eigenvalue weighted by atomic mass is 79.9. The van der Waals surface area contributed by atoms with Gasteiger partial charge in [0.25, 0.3) is 5.91 Å². The molecule has 1 saturated heterocycles. The molecule has 132 valence electrons. The smallest absolute Gasteiger partial charge is 0.253 e. The van der Waals surface area contributed by atoms with Crippen LogP contribution in [0.3, 0.4) is 0 Å². The van der Waals surface area contributed by atoms with Crippen molar-refractivity contribution in [3.63, 3.8) is 0 Å². The van der Waals surface area contributed by atoms with Gasteiger partial charge in [-0.05, 0) is 61.4 Å². The first-order valence-electron chi connectivity index (χ1n) is 7.92. The molecule has 1 amide bonds. The maximum Gasteiger partial charge on any atom is 0.253 e. The molecule has 1 aliphatic heterocycles. The third-order valence-electron chi connectivity index (χ3n) is 4.40. The molecule has 0 radical (unpaired) electrons. The summed E-state index contributed by atoms with van der Waals surface area (Å²) in [7, 11) is -3.51. The average molecular weight is 426 g/mol. The molecule has 0 atom stereocenters. The molecule has 0 unspecified atom stereocenters. The van der Waals surface area contributed by atoms with Crippen molar-refractivity contribution < 1.29 is 17.6 Å². The number of carbonyl (C=O) groups excluding carboxylic acids is 1. The highest BCUT2D eigenvalue weighted by molar-refractivity contribution is 9.10. The van der Waals surface area contributed by atoms with Crippen molar-refractivity contribution in [3.05, 3.63) is 64.4 Å². The van der Waals surface area contributed by atoms with Gasteiger partial charge in [0.15, 0.2) is 9.84 Å². The second kappa shape index (κ2) is 7.25. The predicted molar refractivity (Wildman–Crippen MR) is 96.7 cm³/mol. The molecule has 0 saturated carbocycles. The van der Waals surface area contributed by atoms with Crippen molar-refractivity contribution in [3.8, 4) is 0 Å². The molecule has 7 heteroatoms. The van der Waals surface area contributed by atoms with E-state index in [4.69, 9.17) is 0 Å². The molecular formula is C18H17BrFNO3S. The lowest BCUT2D eigenvalue weighted by atomic mass is 10.1. The molecule has 0 bridgehead atoms. The molecule has 4 nitrogen and oxygen atoms in total. The Hall–Kier alpha value is -1.73. The minimum Gasteiger partial charge on any atom is -0.339 e. The largest absolute Gasteiger partial charge is 0.339 e. The third-order valence-corrected chi connectivity index (χ3v) is 7.21. The Morgan fingerprint density at radius 2 is 1.56 bits per heavy atom. The molecule has 2 aromatic rings. The van der Waals surface area contributed by atoms with Crippen LogP contribution in [0, 0.1) is 5.82 Å². The average Bonchev–Trinajstić information content (AvgIpc) is 2.62. The highest BCUT2D eigenvalue weighted by Gasteiger charge is 2.32. The Bertz CT molecular complexity index is 858. The zero-order chi connectivity index (χ0) is 18.0. The van der Waals surface area contributed by atoms with Crippen LogP contribution in [-0.2, 0) is 9.84 Å². The Morgan fingerprint density at radius 3 is 2.12 bits per heavy atom. The van der Waals surface area contributed by atoms with Crippen LogP contribution in [0.15, 0.2) is 57.9 Å². The number of piperidine rings is 1. The zero-order valence-corrected chi connectivity index (χ0v) is 15.8. The van der Waals surface area contributed by atoms with Gasteiger partial charge in [-0.15, -0.1) is 0 Å². The lowest BCUT2D eigenvalue weighted by Crippen LogP contribution is -2.42. The van der Waals surface area contributed by atoms with Crippen LogP contribution >= 0.6 is 15.9 Å². The summed E-state index contributed by atoms with van der Waals surface area (Å²) >= 11 is 3.33. The first-order valence-corrected chi connectivity index (χ1v) is 10.3. The number of hydrogen-bond acceptors (Lipinski definition) is 3. The lowest BCUT2D eigenvalue weighted by molar-refractivity contribution is 0.0725. The minimum absolute atomic E-state index is 0.0925. The summed E-state index contributed by atoms with van der Waals surface area (Å²) in [5.41, 5.74) is 0.586. The van der Waals surface area contributed by atoms with Gasteiger partial charge in [-0.25, -0.2) is 12.8 Å². The molecule has 25 heavy (non-hydrogen) atoms. The van der Waals surface area contributed by atoms with Crippen molar-refractivity contribution in [1.82, 2.24) is 4.90 Å². The van der Waals surface area contributed by atoms with E-state index in [0.717, 1.165) is 16.6 Å². The minimum atomic E-state index is -3.51. The number of hydrogen-bond donors (Lipinski definition) is 0. The van der Waals surface area contributed by atoms with Gasteiger partial charge in [0.05, 0.1) is 10.1 Å². The van der Waals surface area contributed by atoms with Gasteiger partial charge < -0.3 is 4.90 Å². The number of amides is 1. The number of carbonyl (C=O) groups is 1. The lowest BCUT2D eigenvalue weighted by Gasteiger charge is -2.31. The first kappa shape index (κ1) is 18.1. The summed E-state index contributed by atoms with van der Waals surface area (Å²) in [5, 5.41) is -0.549. The summed E-state index contributed by atoms with van der Waals surface area (Å²) in [6, 6.07) is 12.0. The second-order valence-electron chi connectivity index (χ2n) is 6.00. The van der Waals surface area contributed by atoms with Crippen LogP contribution in [0.4, 0.5) is 4.39 Å². The van der Waals surface area contributed by atoms with E-state index in [0.29, 0.717) is 31.5 Å². The van der Waals surface area contributed by atoms with E-state index < -0.39 is 20.9 Å². The van der Waals surface area contributed by atoms with Crippen LogP contribution in [0.2, 0.25) is 0 Å². The molecule has 0 N–H and O–H groups in total. The summed E-state index contributed by atoms with van der Waals surface area (Å²) < 4.78 is 39.2. The molecule has 1 heterocycles. The van der Waals surface area contributed by atoms with Crippen LogP contribution < -0.4 is 0 Å². The fourth-order valence-electron chi connectivity index (χ4n) is 2.96. The molecule has 3 rings (SSSR count). The van der Waals surface area contributed by atoms with Gasteiger partial charge in [-0.3, -0.25) is 4.79 Å². The van der Waals surface area contributed by atoms with E-state index in [2.05, 4.69) is 15.9 Å². The van der Waals surface area contributed by atoms with Crippen molar-refractivity contribution >= 4 is 31.7 Å². The van der Waals surface area contributed by atoms with Gasteiger partial charge in [0.1, 0.15) is 5.82 Å². The monoisotopic (exact) mass is 425 g/mol. The summed E-state index contributed by atoms with van der Waals surface area (Å²) in [4.78, 5) is 14.3. The van der Waals surface area contributed by atoms with Crippen LogP contribution in [0.5, 0.6) is 0 Å². The number of nitrogens with zero attached hydrogens (tertiary/aromatic N) is 1. The highest BCUT2D eigenvalue weighted by Crippen LogP contribution is 2.25. The molecule has 1 aliphatic rings. The number of rotatable bonds is 3. The van der Waals surface area contributed by atoms with Gasteiger partial charge in [0.2, 0.25) is 0 Å². The van der Waals surface area contributed by atoms with Crippen LogP contribution in [-0.4, -0.2) is 37.6 Å². The van der Waals surface area contributed by atoms with Gasteiger partial charge in [0, 0.05) is 23.1 Å². The Kier molecular flexibility index (Phi) is 5.24. The van der Waals surface area contributed by atoms with Gasteiger partial charge in [-0.2, -0.15) is 0 Å². The maximum absolute atomic E-state index is 13.0. The Balaban J connectivity index is 1.68. The van der Waals surface area contributed by atoms with E-state index in [-0.39, 0.29) is 10.8 Å². The van der Waals surface area contributed by atoms with E-state index >= 15 is 0 Å². The van der Waals surface area contributed by atoms with Crippen LogP contribution in [0.1, 0.15) is 23.2 Å². The van der Waals surface area contributed by atoms with Crippen molar-refractivity contribution in [1.29, 1.82) is 0 Å². The van der Waals surface area contributed by atoms with E-state index in [1.54, 1.807) is 29.2 Å². The molecule has 0 spiro atoms. The van der Waals surface area contributed by atoms with Gasteiger partial charge in [-0.1, -0.05) is 15.9 Å². The fraction of sp³-hybridized carbons (Fsp3) is 0.278. The number of likely N-dealkylation sites (tertiary alicyclic amines) is 1. The standard InChI is InChI=1S/C18H17BrFNO3S/c19-14-3-1-13(2-4-14)18(22)21-11-9-17(10-12-21)25(23,24)16-7-5-15(20)6-8-16/h1-8,17H,9-12H2. The van der Waals surface area contributed by atoms with E-state index in [9.17, 15) is 17.6 Å². The van der Waals surface area contributed by atoms with Crippen molar-refractivity contribution in [2.75, 3.05) is 13.1 Å². The van der Waals surface area contributed by atoms with Gasteiger partial charge >= 0.3 is 0 Å². The summed E-state index contributed by atoms with van der Waals surface area (Å²) in [6.45, 7) is 0.778. The number of sulfone groups is 1. The quantitative estimate of drug-likeness (QED) is 0.704. The van der Waals surface area contributed by atoms with Crippen molar-refractivity contribution in [2.24, 2.45) is 0 Å². The first-order chi connectivity index (χ1) is 11.9. The maximum atomic E-state index is 13.0. The predicted octanol–water partition coefficient (Wildman–Crippen LogP) is 3.67. The van der Waals surface area contributed by atoms with E-state index in [1.807, 2.05) is 0 Å². The topological polar surface area (TPSA) is 54.5 Å². The molecule has 0 aromatic heterocycles. The third kappa shape index (κ3) is 3.93. The number of halogens is 2. The Labute approximate surface area is 154 Å². The number of benzene rings is 2. The molecule has 2 aromatic carbocycles. The fourth-order valence-corrected chi connectivity index (χ4v) is 4.96. The SMILES string of the molecule is O=C(c1ccc(Br)cc1)N1CCC(S(=O)(=O)c2ccc(F)cc2)CC1.